The second-order valence-corrected chi connectivity index (χ2v) is 7.16. The highest BCUT2D eigenvalue weighted by atomic mass is 35.5. The lowest BCUT2D eigenvalue weighted by molar-refractivity contribution is -0.117. The first kappa shape index (κ1) is 18.8. The number of hydrogen-bond acceptors (Lipinski definition) is 3. The van der Waals surface area contributed by atoms with E-state index in [1.807, 2.05) is 60.7 Å². The van der Waals surface area contributed by atoms with Gasteiger partial charge in [-0.05, 0) is 35.4 Å². The molecule has 0 bridgehead atoms. The van der Waals surface area contributed by atoms with Crippen molar-refractivity contribution in [1.29, 1.82) is 0 Å². The van der Waals surface area contributed by atoms with Crippen molar-refractivity contribution >= 4 is 46.1 Å². The Hall–Kier alpha value is -3.57. The molecule has 144 valence electrons. The van der Waals surface area contributed by atoms with Crippen LogP contribution in [0.3, 0.4) is 0 Å². The molecule has 0 spiro atoms. The van der Waals surface area contributed by atoms with E-state index >= 15 is 0 Å². The smallest absolute Gasteiger partial charge is 0.258 e. The fraction of sp³-hybridized carbons (Fsp3) is 0.0435. The average molecular weight is 404 g/mol. The van der Waals surface area contributed by atoms with Gasteiger partial charge in [-0.3, -0.25) is 9.59 Å². The fourth-order valence-electron chi connectivity index (χ4n) is 3.33. The summed E-state index contributed by atoms with van der Waals surface area (Å²) in [6.45, 7) is 0. The van der Waals surface area contributed by atoms with Crippen LogP contribution in [0.5, 0.6) is 0 Å². The zero-order chi connectivity index (χ0) is 20.4. The lowest BCUT2D eigenvalue weighted by Crippen LogP contribution is -2.13. The third kappa shape index (κ3) is 4.00. The molecule has 1 aliphatic heterocycles. The van der Waals surface area contributed by atoms with Crippen LogP contribution in [0.2, 0.25) is 5.02 Å². The maximum Gasteiger partial charge on any atom is 0.258 e. The third-order valence-electron chi connectivity index (χ3n) is 4.64. The van der Waals surface area contributed by atoms with Gasteiger partial charge < -0.3 is 16.4 Å². The Morgan fingerprint density at radius 1 is 1.00 bits per heavy atom. The summed E-state index contributed by atoms with van der Waals surface area (Å²) in [6.07, 6.45) is 0.184. The number of hydrogen-bond donors (Lipinski definition) is 3. The highest BCUT2D eigenvalue weighted by Crippen LogP contribution is 2.38. The summed E-state index contributed by atoms with van der Waals surface area (Å²) < 4.78 is 0. The average Bonchev–Trinajstić information content (AvgIpc) is 3.02. The minimum atomic E-state index is -0.379. The summed E-state index contributed by atoms with van der Waals surface area (Å²) in [5.74, 6) is -0.574. The molecule has 0 saturated carbocycles. The molecular weight excluding hydrogens is 386 g/mol. The van der Waals surface area contributed by atoms with Gasteiger partial charge in [-0.15, -0.1) is 0 Å². The van der Waals surface area contributed by atoms with Crippen LogP contribution >= 0.6 is 11.6 Å². The molecule has 29 heavy (non-hydrogen) atoms. The predicted molar refractivity (Wildman–Crippen MR) is 116 cm³/mol. The van der Waals surface area contributed by atoms with Gasteiger partial charge in [-0.25, -0.2) is 0 Å². The molecule has 3 aromatic rings. The second-order valence-electron chi connectivity index (χ2n) is 6.73. The molecule has 5 nitrogen and oxygen atoms in total. The molecule has 1 aliphatic rings. The van der Waals surface area contributed by atoms with E-state index in [0.717, 1.165) is 22.4 Å². The van der Waals surface area contributed by atoms with Crippen molar-refractivity contribution in [2.24, 2.45) is 5.73 Å². The van der Waals surface area contributed by atoms with Crippen molar-refractivity contribution < 1.29 is 9.59 Å². The summed E-state index contributed by atoms with van der Waals surface area (Å²) in [4.78, 5) is 23.9. The molecule has 0 fully saturated rings. The summed E-state index contributed by atoms with van der Waals surface area (Å²) >= 11 is 6.08. The number of nitrogens with one attached hydrogen (secondary N) is 2. The molecule has 0 saturated heterocycles. The molecule has 0 radical (unpaired) electrons. The van der Waals surface area contributed by atoms with E-state index in [4.69, 9.17) is 17.3 Å². The Labute approximate surface area is 173 Å². The molecular formula is C23H18ClN3O2. The summed E-state index contributed by atoms with van der Waals surface area (Å²) in [5.41, 5.74) is 10.5. The van der Waals surface area contributed by atoms with Crippen LogP contribution in [0, 0.1) is 0 Å². The molecule has 0 unspecified atom stereocenters. The predicted octanol–water partition coefficient (Wildman–Crippen LogP) is 4.30. The number of benzene rings is 3. The van der Waals surface area contributed by atoms with Gasteiger partial charge in [0, 0.05) is 16.3 Å². The quantitative estimate of drug-likeness (QED) is 0.555. The van der Waals surface area contributed by atoms with Crippen LogP contribution < -0.4 is 16.4 Å². The van der Waals surface area contributed by atoms with Crippen molar-refractivity contribution in [1.82, 2.24) is 0 Å². The molecule has 1 heterocycles. The van der Waals surface area contributed by atoms with E-state index < -0.39 is 0 Å². The van der Waals surface area contributed by atoms with Crippen molar-refractivity contribution in [2.45, 2.75) is 6.42 Å². The molecule has 3 aromatic carbocycles. The van der Waals surface area contributed by atoms with Gasteiger partial charge in [0.15, 0.2) is 0 Å². The van der Waals surface area contributed by atoms with Crippen LogP contribution in [0.15, 0.2) is 72.8 Å². The number of carbonyl (C=O) groups excluding carboxylic acids is 2. The normalized spacial score (nSPS) is 14.2. The number of halogens is 1. The highest BCUT2D eigenvalue weighted by Gasteiger charge is 2.28. The number of anilines is 2. The zero-order valence-corrected chi connectivity index (χ0v) is 16.2. The van der Waals surface area contributed by atoms with E-state index in [1.54, 1.807) is 12.1 Å². The van der Waals surface area contributed by atoms with Gasteiger partial charge in [0.1, 0.15) is 0 Å². The minimum Gasteiger partial charge on any atom is -0.369 e. The van der Waals surface area contributed by atoms with Crippen molar-refractivity contribution in [3.8, 4) is 0 Å². The largest absolute Gasteiger partial charge is 0.369 e. The number of amides is 2. The number of fused-ring (bicyclic) bond motifs is 1. The Bertz CT molecular complexity index is 1120. The first-order valence-electron chi connectivity index (χ1n) is 9.06. The molecule has 2 amide bonds. The number of primary amides is 1. The van der Waals surface area contributed by atoms with E-state index in [0.29, 0.717) is 22.0 Å². The van der Waals surface area contributed by atoms with Gasteiger partial charge in [0.2, 0.25) is 5.91 Å². The maximum absolute atomic E-state index is 12.8. The molecule has 0 aliphatic carbocycles. The van der Waals surface area contributed by atoms with Crippen LogP contribution in [0.25, 0.3) is 11.3 Å². The minimum absolute atomic E-state index is 0.184. The summed E-state index contributed by atoms with van der Waals surface area (Å²) in [7, 11) is 0. The van der Waals surface area contributed by atoms with Gasteiger partial charge in [-0.2, -0.15) is 0 Å². The van der Waals surface area contributed by atoms with E-state index in [-0.39, 0.29) is 18.2 Å². The van der Waals surface area contributed by atoms with Crippen molar-refractivity contribution in [3.05, 3.63) is 94.5 Å². The SMILES string of the molecule is NC(=O)Cc1ccc(N/C(=C2\C(=O)Nc3cc(Cl)ccc32)c2ccccc2)cc1. The Kier molecular flexibility index (Phi) is 5.06. The lowest BCUT2D eigenvalue weighted by Gasteiger charge is -2.15. The Morgan fingerprint density at radius 2 is 1.72 bits per heavy atom. The van der Waals surface area contributed by atoms with Crippen LogP contribution in [-0.2, 0) is 16.0 Å². The first-order valence-corrected chi connectivity index (χ1v) is 9.44. The summed E-state index contributed by atoms with van der Waals surface area (Å²) in [5, 5.41) is 6.82. The standard InChI is InChI=1S/C23H18ClN3O2/c24-16-8-11-18-19(13-16)27-23(29)21(18)22(15-4-2-1-3-5-15)26-17-9-6-14(7-10-17)12-20(25)28/h1-11,13,26H,12H2,(H2,25,28)(H,27,29)/b22-21-. The van der Waals surface area contributed by atoms with E-state index in [1.165, 1.54) is 0 Å². The highest BCUT2D eigenvalue weighted by molar-refractivity contribution is 6.38. The third-order valence-corrected chi connectivity index (χ3v) is 4.88. The van der Waals surface area contributed by atoms with Crippen LogP contribution in [0.4, 0.5) is 11.4 Å². The first-order chi connectivity index (χ1) is 14.0. The second kappa shape index (κ2) is 7.81. The fourth-order valence-corrected chi connectivity index (χ4v) is 3.50. The molecule has 4 rings (SSSR count). The molecule has 6 heteroatoms. The van der Waals surface area contributed by atoms with Crippen LogP contribution in [0.1, 0.15) is 16.7 Å². The molecule has 0 atom stereocenters. The Balaban J connectivity index is 1.79. The molecule has 4 N–H and O–H groups in total. The Morgan fingerprint density at radius 3 is 2.41 bits per heavy atom. The number of nitrogens with two attached hydrogens (primary N) is 1. The van der Waals surface area contributed by atoms with Crippen molar-refractivity contribution in [3.63, 3.8) is 0 Å². The monoisotopic (exact) mass is 403 g/mol. The van der Waals surface area contributed by atoms with Gasteiger partial charge in [0.05, 0.1) is 23.4 Å². The van der Waals surface area contributed by atoms with E-state index in [2.05, 4.69) is 10.6 Å². The van der Waals surface area contributed by atoms with Crippen molar-refractivity contribution in [2.75, 3.05) is 10.6 Å². The van der Waals surface area contributed by atoms with Gasteiger partial charge in [-0.1, -0.05) is 60.1 Å². The van der Waals surface area contributed by atoms with Gasteiger partial charge in [0.25, 0.3) is 5.91 Å². The number of carbonyl (C=O) groups is 2. The lowest BCUT2D eigenvalue weighted by atomic mass is 10.00. The van der Waals surface area contributed by atoms with Gasteiger partial charge >= 0.3 is 0 Å². The number of rotatable bonds is 5. The topological polar surface area (TPSA) is 84.2 Å². The summed E-state index contributed by atoms with van der Waals surface area (Å²) in [6, 6.07) is 22.4. The molecule has 0 aromatic heterocycles. The van der Waals surface area contributed by atoms with E-state index in [9.17, 15) is 9.59 Å². The zero-order valence-electron chi connectivity index (χ0n) is 15.4. The maximum atomic E-state index is 12.8. The van der Waals surface area contributed by atoms with Crippen LogP contribution in [-0.4, -0.2) is 11.8 Å².